The summed E-state index contributed by atoms with van der Waals surface area (Å²) >= 11 is 0. The van der Waals surface area contributed by atoms with Gasteiger partial charge in [0, 0.05) is 32.1 Å². The Morgan fingerprint density at radius 3 is 2.43 bits per heavy atom. The molecule has 0 bridgehead atoms. The first-order chi connectivity index (χ1) is 17.0. The molecule has 7 nitrogen and oxygen atoms in total. The van der Waals surface area contributed by atoms with Gasteiger partial charge >= 0.3 is 0 Å². The molecule has 0 N–H and O–H groups in total. The lowest BCUT2D eigenvalue weighted by atomic mass is 10.0. The molecule has 182 valence electrons. The van der Waals surface area contributed by atoms with Crippen LogP contribution in [0.3, 0.4) is 0 Å². The number of fused-ring (bicyclic) bond motifs is 1. The number of carbonyl (C=O) groups is 1. The molecule has 2 aliphatic heterocycles. The van der Waals surface area contributed by atoms with Crippen molar-refractivity contribution in [1.29, 1.82) is 0 Å². The van der Waals surface area contributed by atoms with E-state index in [1.165, 1.54) is 6.07 Å². The Balaban J connectivity index is 1.41. The van der Waals surface area contributed by atoms with E-state index in [1.807, 2.05) is 24.3 Å². The molecule has 1 saturated heterocycles. The smallest absolute Gasteiger partial charge is 0.229 e. The van der Waals surface area contributed by atoms with E-state index in [-0.39, 0.29) is 30.5 Å². The number of benzene rings is 2. The van der Waals surface area contributed by atoms with E-state index in [4.69, 9.17) is 14.5 Å². The molecule has 5 rings (SSSR count). The van der Waals surface area contributed by atoms with Crippen molar-refractivity contribution >= 4 is 11.9 Å². The van der Waals surface area contributed by atoms with E-state index in [0.717, 1.165) is 55.1 Å². The standard InChI is InChI=1S/C26H26F2N4O3/c1-34-18-6-4-17(5-7-18)14-24(33)32-13-10-23-20(16-32)25(30-26(29-23)31-11-2-3-12-31)35-19-8-9-21(27)22(28)15-19/h4-9,15H,2-3,10-14,16H2,1H3. The van der Waals surface area contributed by atoms with Crippen LogP contribution in [0.15, 0.2) is 42.5 Å². The molecule has 3 aromatic rings. The molecule has 0 unspecified atom stereocenters. The Bertz CT molecular complexity index is 1230. The molecule has 0 aliphatic carbocycles. The second-order valence-electron chi connectivity index (χ2n) is 8.72. The molecule has 0 atom stereocenters. The molecular weight excluding hydrogens is 454 g/mol. The zero-order valence-electron chi connectivity index (χ0n) is 19.5. The van der Waals surface area contributed by atoms with Crippen LogP contribution in [0.4, 0.5) is 14.7 Å². The Labute approximate surface area is 202 Å². The Kier molecular flexibility index (Phi) is 6.48. The Morgan fingerprint density at radius 1 is 0.971 bits per heavy atom. The molecule has 35 heavy (non-hydrogen) atoms. The van der Waals surface area contributed by atoms with Crippen molar-refractivity contribution < 1.29 is 23.0 Å². The summed E-state index contributed by atoms with van der Waals surface area (Å²) in [6.07, 6.45) is 2.94. The van der Waals surface area contributed by atoms with E-state index in [1.54, 1.807) is 12.0 Å². The van der Waals surface area contributed by atoms with Crippen molar-refractivity contribution in [3.63, 3.8) is 0 Å². The molecular formula is C26H26F2N4O3. The van der Waals surface area contributed by atoms with Crippen LogP contribution >= 0.6 is 0 Å². The summed E-state index contributed by atoms with van der Waals surface area (Å²) in [6.45, 7) is 2.53. The average molecular weight is 481 g/mol. The number of nitrogens with zero attached hydrogens (tertiary/aromatic N) is 4. The summed E-state index contributed by atoms with van der Waals surface area (Å²) in [7, 11) is 1.60. The van der Waals surface area contributed by atoms with Crippen molar-refractivity contribution in [1.82, 2.24) is 14.9 Å². The summed E-state index contributed by atoms with van der Waals surface area (Å²) in [5.41, 5.74) is 2.39. The molecule has 2 aromatic carbocycles. The number of anilines is 1. The monoisotopic (exact) mass is 480 g/mol. The number of rotatable bonds is 6. The minimum absolute atomic E-state index is 0.0248. The molecule has 0 saturated carbocycles. The highest BCUT2D eigenvalue weighted by molar-refractivity contribution is 5.79. The van der Waals surface area contributed by atoms with Crippen LogP contribution < -0.4 is 14.4 Å². The number of methoxy groups -OCH3 is 1. The predicted molar refractivity (Wildman–Crippen MR) is 126 cm³/mol. The Morgan fingerprint density at radius 2 is 1.71 bits per heavy atom. The van der Waals surface area contributed by atoms with Crippen molar-refractivity contribution in [2.45, 2.75) is 32.2 Å². The van der Waals surface area contributed by atoms with Crippen LogP contribution in [0.5, 0.6) is 17.4 Å². The summed E-state index contributed by atoms with van der Waals surface area (Å²) in [6, 6.07) is 10.8. The van der Waals surface area contributed by atoms with Gasteiger partial charge in [0.2, 0.25) is 17.7 Å². The zero-order chi connectivity index (χ0) is 24.4. The quantitative estimate of drug-likeness (QED) is 0.525. The fraction of sp³-hybridized carbons (Fsp3) is 0.346. The highest BCUT2D eigenvalue weighted by atomic mass is 19.2. The molecule has 1 aromatic heterocycles. The van der Waals surface area contributed by atoms with E-state index in [9.17, 15) is 13.6 Å². The van der Waals surface area contributed by atoms with Gasteiger partial charge in [0.05, 0.1) is 31.3 Å². The van der Waals surface area contributed by atoms with Gasteiger partial charge in [0.1, 0.15) is 11.5 Å². The van der Waals surface area contributed by atoms with Crippen LogP contribution in [0.1, 0.15) is 29.7 Å². The number of amides is 1. The van der Waals surface area contributed by atoms with Gasteiger partial charge in [-0.2, -0.15) is 4.98 Å². The molecule has 9 heteroatoms. The van der Waals surface area contributed by atoms with Crippen LogP contribution in [0.25, 0.3) is 0 Å². The third-order valence-corrected chi connectivity index (χ3v) is 6.37. The fourth-order valence-electron chi connectivity index (χ4n) is 4.41. The summed E-state index contributed by atoms with van der Waals surface area (Å²) in [5.74, 6) is -0.265. The second-order valence-corrected chi connectivity index (χ2v) is 8.72. The molecule has 3 heterocycles. The maximum Gasteiger partial charge on any atom is 0.229 e. The largest absolute Gasteiger partial charge is 0.497 e. The summed E-state index contributed by atoms with van der Waals surface area (Å²) in [4.78, 5) is 26.3. The predicted octanol–water partition coefficient (Wildman–Crippen LogP) is 4.28. The van der Waals surface area contributed by atoms with Crippen LogP contribution in [-0.4, -0.2) is 47.5 Å². The van der Waals surface area contributed by atoms with E-state index < -0.39 is 11.6 Å². The lowest BCUT2D eigenvalue weighted by Gasteiger charge is -2.30. The minimum atomic E-state index is -0.999. The number of aromatic nitrogens is 2. The van der Waals surface area contributed by atoms with E-state index >= 15 is 0 Å². The molecule has 0 radical (unpaired) electrons. The van der Waals surface area contributed by atoms with E-state index in [0.29, 0.717) is 24.5 Å². The van der Waals surface area contributed by atoms with Crippen molar-refractivity contribution in [2.75, 3.05) is 31.6 Å². The number of carbonyl (C=O) groups excluding carboxylic acids is 1. The first-order valence-corrected chi connectivity index (χ1v) is 11.7. The lowest BCUT2D eigenvalue weighted by molar-refractivity contribution is -0.131. The number of ether oxygens (including phenoxy) is 2. The van der Waals surface area contributed by atoms with Crippen LogP contribution in [0.2, 0.25) is 0 Å². The van der Waals surface area contributed by atoms with Gasteiger partial charge < -0.3 is 19.3 Å². The number of hydrogen-bond acceptors (Lipinski definition) is 6. The minimum Gasteiger partial charge on any atom is -0.497 e. The normalized spacial score (nSPS) is 15.2. The zero-order valence-corrected chi connectivity index (χ0v) is 19.5. The third-order valence-electron chi connectivity index (χ3n) is 6.37. The lowest BCUT2D eigenvalue weighted by Crippen LogP contribution is -2.38. The summed E-state index contributed by atoms with van der Waals surface area (Å²) < 4.78 is 38.4. The highest BCUT2D eigenvalue weighted by Crippen LogP contribution is 2.33. The van der Waals surface area contributed by atoms with Gasteiger partial charge in [-0.15, -0.1) is 0 Å². The number of hydrogen-bond donors (Lipinski definition) is 0. The van der Waals surface area contributed by atoms with Crippen molar-refractivity contribution in [3.05, 3.63) is 70.9 Å². The molecule has 1 amide bonds. The van der Waals surface area contributed by atoms with Crippen LogP contribution in [0, 0.1) is 11.6 Å². The maximum absolute atomic E-state index is 13.8. The average Bonchev–Trinajstić information content (AvgIpc) is 3.41. The molecule has 2 aliphatic rings. The topological polar surface area (TPSA) is 67.8 Å². The fourth-order valence-corrected chi connectivity index (χ4v) is 4.41. The SMILES string of the molecule is COc1ccc(CC(=O)N2CCc3nc(N4CCCC4)nc(Oc4ccc(F)c(F)c4)c3C2)cc1. The van der Waals surface area contributed by atoms with Crippen molar-refractivity contribution in [2.24, 2.45) is 0 Å². The molecule has 0 spiro atoms. The first kappa shape index (κ1) is 23.0. The van der Waals surface area contributed by atoms with Gasteiger partial charge in [-0.3, -0.25) is 4.79 Å². The second kappa shape index (κ2) is 9.85. The van der Waals surface area contributed by atoms with Crippen LogP contribution in [-0.2, 0) is 24.2 Å². The summed E-state index contributed by atoms with van der Waals surface area (Å²) in [5, 5.41) is 0. The maximum atomic E-state index is 13.8. The van der Waals surface area contributed by atoms with Gasteiger partial charge in [0.25, 0.3) is 0 Å². The highest BCUT2D eigenvalue weighted by Gasteiger charge is 2.28. The number of halogens is 2. The van der Waals surface area contributed by atoms with Gasteiger partial charge in [-0.05, 0) is 42.7 Å². The van der Waals surface area contributed by atoms with E-state index in [2.05, 4.69) is 9.88 Å². The van der Waals surface area contributed by atoms with Crippen molar-refractivity contribution in [3.8, 4) is 17.4 Å². The third kappa shape index (κ3) is 5.03. The first-order valence-electron chi connectivity index (χ1n) is 11.7. The van der Waals surface area contributed by atoms with Gasteiger partial charge in [-0.1, -0.05) is 12.1 Å². The van der Waals surface area contributed by atoms with Gasteiger partial charge in [0.15, 0.2) is 11.6 Å². The Hall–Kier alpha value is -3.75. The molecule has 1 fully saturated rings. The van der Waals surface area contributed by atoms with Gasteiger partial charge in [-0.25, -0.2) is 13.8 Å².